The molecular weight excluding hydrogens is 334 g/mol. The van der Waals surface area contributed by atoms with Crippen molar-refractivity contribution in [3.8, 4) is 11.1 Å². The minimum atomic E-state index is -0.545. The van der Waals surface area contributed by atoms with Gasteiger partial charge in [0.2, 0.25) is 0 Å². The maximum atomic E-state index is 12.4. The first-order valence-corrected chi connectivity index (χ1v) is 8.38. The van der Waals surface area contributed by atoms with E-state index in [9.17, 15) is 19.7 Å². The fraction of sp³-hybridized carbons (Fsp3) is 0.300. The van der Waals surface area contributed by atoms with Crippen molar-refractivity contribution in [3.63, 3.8) is 0 Å². The van der Waals surface area contributed by atoms with Gasteiger partial charge in [-0.05, 0) is 41.3 Å². The number of nitrogens with zero attached hydrogens (tertiary/aromatic N) is 1. The van der Waals surface area contributed by atoms with Crippen molar-refractivity contribution in [3.05, 3.63) is 63.2 Å². The van der Waals surface area contributed by atoms with Crippen LogP contribution in [0.1, 0.15) is 48.7 Å². The van der Waals surface area contributed by atoms with Crippen LogP contribution in [-0.4, -0.2) is 23.3 Å². The Labute approximate surface area is 150 Å². The van der Waals surface area contributed by atoms with Crippen molar-refractivity contribution in [1.82, 2.24) is 0 Å². The lowest BCUT2D eigenvalue weighted by Gasteiger charge is -2.21. The summed E-state index contributed by atoms with van der Waals surface area (Å²) in [7, 11) is 0. The van der Waals surface area contributed by atoms with E-state index in [0.717, 1.165) is 22.3 Å². The van der Waals surface area contributed by atoms with E-state index in [1.165, 1.54) is 6.07 Å². The molecule has 0 radical (unpaired) electrons. The van der Waals surface area contributed by atoms with Crippen LogP contribution in [-0.2, 0) is 14.9 Å². The van der Waals surface area contributed by atoms with Gasteiger partial charge in [-0.2, -0.15) is 0 Å². The largest absolute Gasteiger partial charge is 0.466 e. The number of Topliss-reactive ketones (excluding diaryl/α,β-unsaturated/α-hetero) is 1. The lowest BCUT2D eigenvalue weighted by atomic mass is 9.81. The van der Waals surface area contributed by atoms with Crippen LogP contribution in [0.2, 0.25) is 0 Å². The third-order valence-corrected chi connectivity index (χ3v) is 4.80. The van der Waals surface area contributed by atoms with Gasteiger partial charge in [-0.25, -0.2) is 0 Å². The van der Waals surface area contributed by atoms with Gasteiger partial charge in [0.1, 0.15) is 6.42 Å². The average molecular weight is 353 g/mol. The molecule has 0 atom stereocenters. The molecule has 0 aliphatic heterocycles. The Kier molecular flexibility index (Phi) is 4.36. The van der Waals surface area contributed by atoms with Gasteiger partial charge in [0.05, 0.1) is 11.5 Å². The number of ether oxygens (including phenoxy) is 1. The monoisotopic (exact) mass is 353 g/mol. The van der Waals surface area contributed by atoms with Crippen LogP contribution >= 0.6 is 0 Å². The van der Waals surface area contributed by atoms with Crippen molar-refractivity contribution in [1.29, 1.82) is 0 Å². The molecule has 2 aromatic carbocycles. The average Bonchev–Trinajstić information content (AvgIpc) is 2.82. The molecule has 134 valence electrons. The first-order valence-electron chi connectivity index (χ1n) is 8.38. The Morgan fingerprint density at radius 1 is 1.08 bits per heavy atom. The molecule has 0 saturated carbocycles. The number of ketones is 1. The molecule has 0 heterocycles. The lowest BCUT2D eigenvalue weighted by Crippen LogP contribution is -2.17. The Balaban J connectivity index is 2.00. The molecule has 0 spiro atoms. The maximum Gasteiger partial charge on any atom is 0.313 e. The lowest BCUT2D eigenvalue weighted by molar-refractivity contribution is -0.384. The van der Waals surface area contributed by atoms with E-state index in [4.69, 9.17) is 4.74 Å². The minimum absolute atomic E-state index is 0.0447. The number of carbonyl (C=O) groups excluding carboxylic acids is 2. The molecule has 0 bridgehead atoms. The molecule has 0 unspecified atom stereocenters. The molecule has 1 aliphatic rings. The number of benzene rings is 2. The molecular formula is C20H19NO5. The van der Waals surface area contributed by atoms with Gasteiger partial charge >= 0.3 is 5.97 Å². The van der Waals surface area contributed by atoms with Crippen molar-refractivity contribution >= 4 is 17.4 Å². The van der Waals surface area contributed by atoms with E-state index in [0.29, 0.717) is 5.56 Å². The molecule has 6 heteroatoms. The summed E-state index contributed by atoms with van der Waals surface area (Å²) in [5.41, 5.74) is 3.67. The quantitative estimate of drug-likeness (QED) is 0.266. The zero-order valence-corrected chi connectivity index (χ0v) is 14.9. The highest BCUT2D eigenvalue weighted by Crippen LogP contribution is 2.49. The molecule has 0 amide bonds. The van der Waals surface area contributed by atoms with E-state index in [1.54, 1.807) is 31.2 Å². The maximum absolute atomic E-state index is 12.4. The number of rotatable bonds is 5. The molecule has 1 aliphatic carbocycles. The number of carbonyl (C=O) groups is 2. The molecule has 0 saturated heterocycles. The topological polar surface area (TPSA) is 86.5 Å². The molecule has 6 nitrogen and oxygen atoms in total. The van der Waals surface area contributed by atoms with Crippen molar-refractivity contribution in [2.75, 3.05) is 6.61 Å². The highest BCUT2D eigenvalue weighted by Gasteiger charge is 2.37. The van der Waals surface area contributed by atoms with E-state index in [-0.39, 0.29) is 24.5 Å². The normalized spacial score (nSPS) is 13.7. The van der Waals surface area contributed by atoms with Crippen molar-refractivity contribution in [2.45, 2.75) is 32.6 Å². The Morgan fingerprint density at radius 2 is 1.69 bits per heavy atom. The number of hydrogen-bond acceptors (Lipinski definition) is 5. The molecule has 0 fully saturated rings. The number of esters is 1. The molecule has 3 rings (SSSR count). The van der Waals surface area contributed by atoms with E-state index in [1.807, 2.05) is 19.9 Å². The predicted molar refractivity (Wildman–Crippen MR) is 96.2 cm³/mol. The second kappa shape index (κ2) is 6.37. The zero-order valence-electron chi connectivity index (χ0n) is 14.9. The Morgan fingerprint density at radius 3 is 2.31 bits per heavy atom. The van der Waals surface area contributed by atoms with E-state index in [2.05, 4.69) is 0 Å². The third-order valence-electron chi connectivity index (χ3n) is 4.80. The highest BCUT2D eigenvalue weighted by molar-refractivity contribution is 6.06. The van der Waals surface area contributed by atoms with Crippen molar-refractivity contribution in [2.24, 2.45) is 0 Å². The summed E-state index contributed by atoms with van der Waals surface area (Å²) >= 11 is 0. The van der Waals surface area contributed by atoms with Gasteiger partial charge in [-0.1, -0.05) is 26.0 Å². The third kappa shape index (κ3) is 2.87. The minimum Gasteiger partial charge on any atom is -0.466 e. The predicted octanol–water partition coefficient (Wildman–Crippen LogP) is 4.04. The SMILES string of the molecule is CCOC(=O)CC(=O)c1ccc2c(c1)C(C)(C)c1cc([N+](=O)[O-])ccc1-2. The standard InChI is InChI=1S/C20H19NO5/c1-4-26-19(23)11-18(22)12-5-7-14-15-8-6-13(21(24)25)10-17(15)20(2,3)16(14)9-12/h5-10H,4,11H2,1-3H3. The van der Waals surface area contributed by atoms with Crippen LogP contribution in [0.4, 0.5) is 5.69 Å². The number of nitro benzene ring substituents is 1. The first-order chi connectivity index (χ1) is 12.3. The molecule has 26 heavy (non-hydrogen) atoms. The molecule has 0 N–H and O–H groups in total. The summed E-state index contributed by atoms with van der Waals surface area (Å²) in [6, 6.07) is 10.1. The van der Waals surface area contributed by atoms with Gasteiger partial charge in [-0.3, -0.25) is 19.7 Å². The Bertz CT molecular complexity index is 930. The number of fused-ring (bicyclic) bond motifs is 3. The van der Waals surface area contributed by atoms with Crippen LogP contribution in [0, 0.1) is 10.1 Å². The van der Waals surface area contributed by atoms with Gasteiger partial charge < -0.3 is 4.74 Å². The molecule has 2 aromatic rings. The number of hydrogen-bond donors (Lipinski definition) is 0. The fourth-order valence-electron chi connectivity index (χ4n) is 3.46. The fourth-order valence-corrected chi connectivity index (χ4v) is 3.46. The van der Waals surface area contributed by atoms with Crippen LogP contribution in [0.5, 0.6) is 0 Å². The van der Waals surface area contributed by atoms with Crippen LogP contribution < -0.4 is 0 Å². The first kappa shape index (κ1) is 17.8. The summed E-state index contributed by atoms with van der Waals surface area (Å²) in [5.74, 6) is -0.847. The number of non-ortho nitro benzene ring substituents is 1. The van der Waals surface area contributed by atoms with Crippen LogP contribution in [0.25, 0.3) is 11.1 Å². The second-order valence-electron chi connectivity index (χ2n) is 6.78. The second-order valence-corrected chi connectivity index (χ2v) is 6.78. The van der Waals surface area contributed by atoms with Gasteiger partial charge in [0.25, 0.3) is 5.69 Å². The summed E-state index contributed by atoms with van der Waals surface area (Å²) in [5, 5.41) is 11.1. The van der Waals surface area contributed by atoms with Crippen molar-refractivity contribution < 1.29 is 19.2 Å². The summed E-state index contributed by atoms with van der Waals surface area (Å²) in [6.07, 6.45) is -0.300. The van der Waals surface area contributed by atoms with E-state index < -0.39 is 16.3 Å². The zero-order chi connectivity index (χ0) is 19.1. The van der Waals surface area contributed by atoms with Crippen LogP contribution in [0.15, 0.2) is 36.4 Å². The summed E-state index contributed by atoms with van der Waals surface area (Å²) in [4.78, 5) is 34.6. The summed E-state index contributed by atoms with van der Waals surface area (Å²) in [6.45, 7) is 5.87. The number of nitro groups is 1. The van der Waals surface area contributed by atoms with Gasteiger partial charge in [-0.15, -0.1) is 0 Å². The summed E-state index contributed by atoms with van der Waals surface area (Å²) < 4.78 is 4.83. The van der Waals surface area contributed by atoms with Crippen LogP contribution in [0.3, 0.4) is 0 Å². The molecule has 0 aromatic heterocycles. The Hall–Kier alpha value is -3.02. The highest BCUT2D eigenvalue weighted by atomic mass is 16.6. The van der Waals surface area contributed by atoms with Gasteiger partial charge in [0, 0.05) is 23.1 Å². The smallest absolute Gasteiger partial charge is 0.313 e. The van der Waals surface area contributed by atoms with Gasteiger partial charge in [0.15, 0.2) is 5.78 Å². The van der Waals surface area contributed by atoms with E-state index >= 15 is 0 Å².